The smallest absolute Gasteiger partial charge is 0.257 e. The van der Waals surface area contributed by atoms with E-state index in [1.807, 2.05) is 4.90 Å². The summed E-state index contributed by atoms with van der Waals surface area (Å²) in [7, 11) is 1.67. The van der Waals surface area contributed by atoms with E-state index in [-0.39, 0.29) is 5.91 Å². The Labute approximate surface area is 125 Å². The van der Waals surface area contributed by atoms with Crippen LogP contribution in [0.1, 0.15) is 16.8 Å². The molecule has 6 heteroatoms. The fourth-order valence-electron chi connectivity index (χ4n) is 2.40. The SMILES string of the molecule is COCCOCCN1CCCN(C(=O)c2ccoc2)CC1. The summed E-state index contributed by atoms with van der Waals surface area (Å²) in [5.74, 6) is 0.0574. The molecule has 1 aromatic heterocycles. The summed E-state index contributed by atoms with van der Waals surface area (Å²) < 4.78 is 15.4. The van der Waals surface area contributed by atoms with Crippen LogP contribution in [0.25, 0.3) is 0 Å². The molecule has 1 fully saturated rings. The van der Waals surface area contributed by atoms with Gasteiger partial charge in [0.1, 0.15) is 6.26 Å². The largest absolute Gasteiger partial charge is 0.472 e. The highest BCUT2D eigenvalue weighted by Gasteiger charge is 2.20. The van der Waals surface area contributed by atoms with Crippen molar-refractivity contribution in [1.82, 2.24) is 9.80 Å². The Kier molecular flexibility index (Phi) is 6.72. The van der Waals surface area contributed by atoms with Crippen molar-refractivity contribution in [3.63, 3.8) is 0 Å². The molecule has 1 aliphatic rings. The monoisotopic (exact) mass is 296 g/mol. The second kappa shape index (κ2) is 8.81. The first-order valence-electron chi connectivity index (χ1n) is 7.42. The molecule has 0 unspecified atom stereocenters. The van der Waals surface area contributed by atoms with Crippen LogP contribution in [0.2, 0.25) is 0 Å². The number of amides is 1. The highest BCUT2D eigenvalue weighted by atomic mass is 16.5. The second-order valence-electron chi connectivity index (χ2n) is 5.10. The zero-order valence-electron chi connectivity index (χ0n) is 12.6. The maximum absolute atomic E-state index is 12.3. The van der Waals surface area contributed by atoms with Crippen molar-refractivity contribution >= 4 is 5.91 Å². The van der Waals surface area contributed by atoms with Crippen molar-refractivity contribution in [2.24, 2.45) is 0 Å². The van der Waals surface area contributed by atoms with Gasteiger partial charge < -0.3 is 18.8 Å². The fraction of sp³-hybridized carbons (Fsp3) is 0.667. The van der Waals surface area contributed by atoms with Gasteiger partial charge in [0.15, 0.2) is 0 Å². The number of carbonyl (C=O) groups is 1. The van der Waals surface area contributed by atoms with Gasteiger partial charge in [-0.15, -0.1) is 0 Å². The van der Waals surface area contributed by atoms with Gasteiger partial charge in [0.25, 0.3) is 5.91 Å². The standard InChI is InChI=1S/C15H24N2O4/c1-19-11-12-20-10-8-16-4-2-5-17(7-6-16)15(18)14-3-9-21-13-14/h3,9,13H,2,4-8,10-12H2,1H3. The van der Waals surface area contributed by atoms with E-state index in [0.29, 0.717) is 25.4 Å². The number of methoxy groups -OCH3 is 1. The highest BCUT2D eigenvalue weighted by molar-refractivity contribution is 5.93. The lowest BCUT2D eigenvalue weighted by Gasteiger charge is -2.21. The van der Waals surface area contributed by atoms with E-state index in [1.54, 1.807) is 13.2 Å². The van der Waals surface area contributed by atoms with E-state index in [4.69, 9.17) is 13.9 Å². The summed E-state index contributed by atoms with van der Waals surface area (Å²) in [6, 6.07) is 1.72. The van der Waals surface area contributed by atoms with Gasteiger partial charge in [0, 0.05) is 33.3 Å². The van der Waals surface area contributed by atoms with Gasteiger partial charge in [-0.1, -0.05) is 0 Å². The predicted octanol–water partition coefficient (Wildman–Crippen LogP) is 1.09. The minimum atomic E-state index is 0.0574. The fourth-order valence-corrected chi connectivity index (χ4v) is 2.40. The number of ether oxygens (including phenoxy) is 2. The lowest BCUT2D eigenvalue weighted by Crippen LogP contribution is -2.36. The van der Waals surface area contributed by atoms with Crippen LogP contribution in [0.4, 0.5) is 0 Å². The van der Waals surface area contributed by atoms with Crippen LogP contribution in [0.15, 0.2) is 23.0 Å². The Morgan fingerprint density at radius 2 is 2.14 bits per heavy atom. The molecular weight excluding hydrogens is 272 g/mol. The first kappa shape index (κ1) is 16.0. The van der Waals surface area contributed by atoms with Gasteiger partial charge in [-0.05, 0) is 19.0 Å². The van der Waals surface area contributed by atoms with Crippen LogP contribution >= 0.6 is 0 Å². The third-order valence-corrected chi connectivity index (χ3v) is 3.63. The van der Waals surface area contributed by atoms with Crippen LogP contribution in [-0.2, 0) is 9.47 Å². The molecule has 21 heavy (non-hydrogen) atoms. The average molecular weight is 296 g/mol. The summed E-state index contributed by atoms with van der Waals surface area (Å²) in [5, 5.41) is 0. The van der Waals surface area contributed by atoms with Crippen LogP contribution in [-0.4, -0.2) is 75.4 Å². The van der Waals surface area contributed by atoms with E-state index in [9.17, 15) is 4.79 Å². The minimum absolute atomic E-state index is 0.0574. The molecule has 0 atom stereocenters. The number of furan rings is 1. The Morgan fingerprint density at radius 1 is 1.24 bits per heavy atom. The molecule has 1 saturated heterocycles. The van der Waals surface area contributed by atoms with Crippen molar-refractivity contribution in [2.75, 3.05) is 59.7 Å². The zero-order valence-corrected chi connectivity index (χ0v) is 12.6. The number of rotatable bonds is 7. The lowest BCUT2D eigenvalue weighted by atomic mass is 10.3. The summed E-state index contributed by atoms with van der Waals surface area (Å²) in [6.45, 7) is 6.31. The first-order valence-corrected chi connectivity index (χ1v) is 7.42. The Balaban J connectivity index is 1.70. The molecule has 0 aromatic carbocycles. The maximum Gasteiger partial charge on any atom is 0.257 e. The molecule has 118 valence electrons. The van der Waals surface area contributed by atoms with Crippen molar-refractivity contribution in [3.8, 4) is 0 Å². The topological polar surface area (TPSA) is 55.2 Å². The highest BCUT2D eigenvalue weighted by Crippen LogP contribution is 2.09. The van der Waals surface area contributed by atoms with Gasteiger partial charge in [0.05, 0.1) is 31.6 Å². The molecule has 1 amide bonds. The third kappa shape index (κ3) is 5.15. The number of hydrogen-bond donors (Lipinski definition) is 0. The second-order valence-corrected chi connectivity index (χ2v) is 5.10. The third-order valence-electron chi connectivity index (χ3n) is 3.63. The molecule has 0 aliphatic carbocycles. The molecule has 2 rings (SSSR count). The lowest BCUT2D eigenvalue weighted by molar-refractivity contribution is 0.0573. The Bertz CT molecular complexity index is 408. The van der Waals surface area contributed by atoms with Crippen molar-refractivity contribution in [1.29, 1.82) is 0 Å². The van der Waals surface area contributed by atoms with Crippen LogP contribution in [0.3, 0.4) is 0 Å². The van der Waals surface area contributed by atoms with E-state index in [1.165, 1.54) is 12.5 Å². The quantitative estimate of drug-likeness (QED) is 0.705. The molecule has 6 nitrogen and oxygen atoms in total. The number of nitrogens with zero attached hydrogens (tertiary/aromatic N) is 2. The van der Waals surface area contributed by atoms with Crippen molar-refractivity contribution < 1.29 is 18.7 Å². The first-order chi connectivity index (χ1) is 10.3. The summed E-state index contributed by atoms with van der Waals surface area (Å²) in [5.41, 5.74) is 0.631. The van der Waals surface area contributed by atoms with Gasteiger partial charge in [0.2, 0.25) is 0 Å². The predicted molar refractivity (Wildman–Crippen MR) is 78.4 cm³/mol. The summed E-state index contributed by atoms with van der Waals surface area (Å²) in [6.07, 6.45) is 4.03. The van der Waals surface area contributed by atoms with E-state index in [0.717, 1.165) is 39.1 Å². The van der Waals surface area contributed by atoms with E-state index < -0.39 is 0 Å². The average Bonchev–Trinajstić information content (AvgIpc) is 2.93. The molecule has 2 heterocycles. The summed E-state index contributed by atoms with van der Waals surface area (Å²) >= 11 is 0. The molecule has 0 bridgehead atoms. The molecule has 1 aromatic rings. The van der Waals surface area contributed by atoms with E-state index >= 15 is 0 Å². The maximum atomic E-state index is 12.3. The van der Waals surface area contributed by atoms with Crippen LogP contribution in [0, 0.1) is 0 Å². The number of hydrogen-bond acceptors (Lipinski definition) is 5. The van der Waals surface area contributed by atoms with Gasteiger partial charge in [-0.2, -0.15) is 0 Å². The Morgan fingerprint density at radius 3 is 2.90 bits per heavy atom. The van der Waals surface area contributed by atoms with Crippen LogP contribution in [0.5, 0.6) is 0 Å². The van der Waals surface area contributed by atoms with Gasteiger partial charge in [-0.3, -0.25) is 9.69 Å². The summed E-state index contributed by atoms with van der Waals surface area (Å²) in [4.78, 5) is 16.5. The normalized spacial score (nSPS) is 16.9. The van der Waals surface area contributed by atoms with Gasteiger partial charge >= 0.3 is 0 Å². The zero-order chi connectivity index (χ0) is 14.9. The van der Waals surface area contributed by atoms with Crippen molar-refractivity contribution in [3.05, 3.63) is 24.2 Å². The molecule has 0 spiro atoms. The molecule has 0 saturated carbocycles. The number of carbonyl (C=O) groups excluding carboxylic acids is 1. The van der Waals surface area contributed by atoms with Gasteiger partial charge in [-0.25, -0.2) is 0 Å². The van der Waals surface area contributed by atoms with Crippen molar-refractivity contribution in [2.45, 2.75) is 6.42 Å². The molecule has 0 N–H and O–H groups in total. The minimum Gasteiger partial charge on any atom is -0.472 e. The molecular formula is C15H24N2O4. The Hall–Kier alpha value is -1.37. The van der Waals surface area contributed by atoms with E-state index in [2.05, 4.69) is 4.90 Å². The van der Waals surface area contributed by atoms with Crippen LogP contribution < -0.4 is 0 Å². The molecule has 0 radical (unpaired) electrons. The molecule has 1 aliphatic heterocycles.